The van der Waals surface area contributed by atoms with Gasteiger partial charge in [0.15, 0.2) is 0 Å². The van der Waals surface area contributed by atoms with Gasteiger partial charge in [0.2, 0.25) is 0 Å². The first-order valence-corrected chi connectivity index (χ1v) is 6.45. The largest absolute Gasteiger partial charge is 0.491 e. The average Bonchev–Trinajstić information content (AvgIpc) is 2.43. The first-order chi connectivity index (χ1) is 9.13. The van der Waals surface area contributed by atoms with Crippen LogP contribution in [0.3, 0.4) is 0 Å². The summed E-state index contributed by atoms with van der Waals surface area (Å²) in [6.07, 6.45) is 0. The van der Waals surface area contributed by atoms with Crippen LogP contribution in [-0.2, 0) is 4.74 Å². The predicted molar refractivity (Wildman–Crippen MR) is 75.5 cm³/mol. The SMILES string of the molecule is CCN(CC)CCOc1cccc(N)c1C(=O)OC. The third-order valence-corrected chi connectivity index (χ3v) is 3.01. The summed E-state index contributed by atoms with van der Waals surface area (Å²) in [4.78, 5) is 13.9. The van der Waals surface area contributed by atoms with Crippen LogP contribution in [0.1, 0.15) is 24.2 Å². The highest BCUT2D eigenvalue weighted by Gasteiger charge is 2.16. The fraction of sp³-hybridized carbons (Fsp3) is 0.500. The van der Waals surface area contributed by atoms with Crippen LogP contribution in [0.4, 0.5) is 5.69 Å². The van der Waals surface area contributed by atoms with Gasteiger partial charge in [0.05, 0.1) is 7.11 Å². The maximum absolute atomic E-state index is 11.7. The van der Waals surface area contributed by atoms with Crippen molar-refractivity contribution < 1.29 is 14.3 Å². The first-order valence-electron chi connectivity index (χ1n) is 6.45. The van der Waals surface area contributed by atoms with Crippen LogP contribution in [0.2, 0.25) is 0 Å². The van der Waals surface area contributed by atoms with Gasteiger partial charge in [-0.25, -0.2) is 4.79 Å². The number of benzene rings is 1. The summed E-state index contributed by atoms with van der Waals surface area (Å²) in [7, 11) is 1.33. The van der Waals surface area contributed by atoms with E-state index in [0.29, 0.717) is 23.6 Å². The Balaban J connectivity index is 2.73. The maximum Gasteiger partial charge on any atom is 0.343 e. The van der Waals surface area contributed by atoms with Crippen LogP contribution in [-0.4, -0.2) is 44.2 Å². The summed E-state index contributed by atoms with van der Waals surface area (Å²) in [5.74, 6) is -0.00468. The molecule has 0 saturated carbocycles. The number of rotatable bonds is 7. The van der Waals surface area contributed by atoms with Crippen molar-refractivity contribution in [2.75, 3.05) is 39.1 Å². The smallest absolute Gasteiger partial charge is 0.343 e. The summed E-state index contributed by atoms with van der Waals surface area (Å²) in [6, 6.07) is 5.14. The van der Waals surface area contributed by atoms with Gasteiger partial charge in [-0.05, 0) is 25.2 Å². The van der Waals surface area contributed by atoms with Gasteiger partial charge in [-0.2, -0.15) is 0 Å². The summed E-state index contributed by atoms with van der Waals surface area (Å²) in [6.45, 7) is 7.46. The number of esters is 1. The van der Waals surface area contributed by atoms with Crippen LogP contribution in [0, 0.1) is 0 Å². The molecule has 0 aromatic heterocycles. The molecule has 1 aromatic rings. The molecule has 0 heterocycles. The second kappa shape index (κ2) is 7.63. The van der Waals surface area contributed by atoms with Crippen molar-refractivity contribution in [1.29, 1.82) is 0 Å². The van der Waals surface area contributed by atoms with Crippen LogP contribution >= 0.6 is 0 Å². The monoisotopic (exact) mass is 266 g/mol. The number of ether oxygens (including phenoxy) is 2. The summed E-state index contributed by atoms with van der Waals surface area (Å²) in [5, 5.41) is 0. The standard InChI is InChI=1S/C14H22N2O3/c1-4-16(5-2)9-10-19-12-8-6-7-11(15)13(12)14(17)18-3/h6-8H,4-5,9-10,15H2,1-3H3. The quantitative estimate of drug-likeness (QED) is 0.602. The van der Waals surface area contributed by atoms with Crippen LogP contribution < -0.4 is 10.5 Å². The lowest BCUT2D eigenvalue weighted by Crippen LogP contribution is -2.28. The molecule has 0 atom stereocenters. The van der Waals surface area contributed by atoms with Crippen LogP contribution in [0.5, 0.6) is 5.75 Å². The van der Waals surface area contributed by atoms with Gasteiger partial charge in [0.1, 0.15) is 17.9 Å². The minimum atomic E-state index is -0.476. The predicted octanol–water partition coefficient (Wildman–Crippen LogP) is 1.78. The lowest BCUT2D eigenvalue weighted by molar-refractivity contribution is 0.0596. The molecule has 0 saturated heterocycles. The van der Waals surface area contributed by atoms with Gasteiger partial charge in [-0.1, -0.05) is 19.9 Å². The van der Waals surface area contributed by atoms with Crippen molar-refractivity contribution in [3.63, 3.8) is 0 Å². The fourth-order valence-electron chi connectivity index (χ4n) is 1.81. The zero-order chi connectivity index (χ0) is 14.3. The molecule has 0 bridgehead atoms. The molecule has 0 radical (unpaired) electrons. The highest BCUT2D eigenvalue weighted by atomic mass is 16.5. The van der Waals surface area contributed by atoms with Crippen LogP contribution in [0.25, 0.3) is 0 Å². The summed E-state index contributed by atoms with van der Waals surface area (Å²) >= 11 is 0. The Bertz CT molecular complexity index is 417. The van der Waals surface area contributed by atoms with Crippen LogP contribution in [0.15, 0.2) is 18.2 Å². The molecule has 1 aromatic carbocycles. The van der Waals surface area contributed by atoms with Gasteiger partial charge < -0.3 is 20.1 Å². The maximum atomic E-state index is 11.7. The molecule has 0 aliphatic heterocycles. The van der Waals surface area contributed by atoms with Crippen molar-refractivity contribution >= 4 is 11.7 Å². The Morgan fingerprint density at radius 3 is 2.58 bits per heavy atom. The Kier molecular flexibility index (Phi) is 6.15. The van der Waals surface area contributed by atoms with Gasteiger partial charge >= 0.3 is 5.97 Å². The highest BCUT2D eigenvalue weighted by molar-refractivity contribution is 5.98. The third kappa shape index (κ3) is 4.13. The molecule has 5 heteroatoms. The molecular weight excluding hydrogens is 244 g/mol. The molecule has 106 valence electrons. The van der Waals surface area contributed by atoms with E-state index in [1.165, 1.54) is 7.11 Å². The van der Waals surface area contributed by atoms with E-state index < -0.39 is 5.97 Å². The van der Waals surface area contributed by atoms with E-state index in [1.807, 2.05) is 0 Å². The second-order valence-electron chi connectivity index (χ2n) is 4.09. The van der Waals surface area contributed by atoms with E-state index in [1.54, 1.807) is 18.2 Å². The topological polar surface area (TPSA) is 64.8 Å². The molecule has 19 heavy (non-hydrogen) atoms. The number of methoxy groups -OCH3 is 1. The zero-order valence-electron chi connectivity index (χ0n) is 11.8. The minimum absolute atomic E-state index is 0.296. The Morgan fingerprint density at radius 2 is 2.00 bits per heavy atom. The summed E-state index contributed by atoms with van der Waals surface area (Å²) < 4.78 is 10.4. The lowest BCUT2D eigenvalue weighted by Gasteiger charge is -2.19. The molecule has 0 fully saturated rings. The number of carbonyl (C=O) groups excluding carboxylic acids is 1. The van der Waals surface area contributed by atoms with Crippen molar-refractivity contribution in [3.8, 4) is 5.75 Å². The lowest BCUT2D eigenvalue weighted by atomic mass is 10.1. The Morgan fingerprint density at radius 1 is 1.32 bits per heavy atom. The van der Waals surface area contributed by atoms with Gasteiger partial charge in [-0.3, -0.25) is 0 Å². The number of anilines is 1. The number of hydrogen-bond donors (Lipinski definition) is 1. The number of likely N-dealkylation sites (N-methyl/N-ethyl adjacent to an activating group) is 1. The molecule has 0 aliphatic rings. The summed E-state index contributed by atoms with van der Waals surface area (Å²) in [5.41, 5.74) is 6.45. The highest BCUT2D eigenvalue weighted by Crippen LogP contribution is 2.25. The number of nitrogens with two attached hydrogens (primary N) is 1. The van der Waals surface area contributed by atoms with Gasteiger partial charge in [0.25, 0.3) is 0 Å². The van der Waals surface area contributed by atoms with E-state index in [-0.39, 0.29) is 0 Å². The Hall–Kier alpha value is -1.75. The molecule has 0 aliphatic carbocycles. The van der Waals surface area contributed by atoms with E-state index in [4.69, 9.17) is 15.2 Å². The van der Waals surface area contributed by atoms with Gasteiger partial charge in [-0.15, -0.1) is 0 Å². The van der Waals surface area contributed by atoms with Gasteiger partial charge in [0, 0.05) is 12.2 Å². The molecular formula is C14H22N2O3. The van der Waals surface area contributed by atoms with Crippen molar-refractivity contribution in [2.24, 2.45) is 0 Å². The number of nitrogens with zero attached hydrogens (tertiary/aromatic N) is 1. The Labute approximate surface area is 114 Å². The van der Waals surface area contributed by atoms with Crippen molar-refractivity contribution in [3.05, 3.63) is 23.8 Å². The molecule has 5 nitrogen and oxygen atoms in total. The van der Waals surface area contributed by atoms with E-state index in [9.17, 15) is 4.79 Å². The van der Waals surface area contributed by atoms with E-state index in [0.717, 1.165) is 19.6 Å². The zero-order valence-corrected chi connectivity index (χ0v) is 11.8. The molecule has 0 unspecified atom stereocenters. The second-order valence-corrected chi connectivity index (χ2v) is 4.09. The fourth-order valence-corrected chi connectivity index (χ4v) is 1.81. The number of carbonyl (C=O) groups is 1. The van der Waals surface area contributed by atoms with Crippen molar-refractivity contribution in [1.82, 2.24) is 4.90 Å². The molecule has 0 amide bonds. The van der Waals surface area contributed by atoms with Crippen molar-refractivity contribution in [2.45, 2.75) is 13.8 Å². The average molecular weight is 266 g/mol. The van der Waals surface area contributed by atoms with E-state index >= 15 is 0 Å². The van der Waals surface area contributed by atoms with E-state index in [2.05, 4.69) is 18.7 Å². The number of nitrogen functional groups attached to an aromatic ring is 1. The minimum Gasteiger partial charge on any atom is -0.491 e. The first kappa shape index (κ1) is 15.3. The number of hydrogen-bond acceptors (Lipinski definition) is 5. The molecule has 2 N–H and O–H groups in total. The molecule has 0 spiro atoms. The normalized spacial score (nSPS) is 10.5. The third-order valence-electron chi connectivity index (χ3n) is 3.01. The molecule has 1 rings (SSSR count).